The molecule has 2 atom stereocenters. The van der Waals surface area contributed by atoms with Crippen molar-refractivity contribution >= 4 is 19.8 Å². The maximum atomic E-state index is 12.8. The fourth-order valence-corrected chi connectivity index (χ4v) is 10.4. The van der Waals surface area contributed by atoms with Crippen molar-refractivity contribution in [3.05, 3.63) is 60.8 Å². The van der Waals surface area contributed by atoms with Gasteiger partial charge in [-0.2, -0.15) is 0 Å². The molecule has 9 nitrogen and oxygen atoms in total. The number of carbonyl (C=O) groups is 2. The summed E-state index contributed by atoms with van der Waals surface area (Å²) in [4.78, 5) is 35.7. The minimum Gasteiger partial charge on any atom is -0.462 e. The van der Waals surface area contributed by atoms with Crippen LogP contribution in [-0.2, 0) is 32.7 Å². The summed E-state index contributed by atoms with van der Waals surface area (Å²) in [7, 11) is 1.49. The molecule has 79 heavy (non-hydrogen) atoms. The number of phosphoric ester groups is 1. The molecule has 0 radical (unpaired) electrons. The third-order valence-corrected chi connectivity index (χ3v) is 15.8. The summed E-state index contributed by atoms with van der Waals surface area (Å²) in [6.45, 7) is 4.35. The Morgan fingerprint density at radius 2 is 0.722 bits per heavy atom. The highest BCUT2D eigenvalue weighted by atomic mass is 31.2. The Hall–Kier alpha value is -2.29. The molecular weight excluding hydrogens is 1000 g/mol. The van der Waals surface area contributed by atoms with Crippen molar-refractivity contribution < 1.29 is 42.1 Å². The predicted molar refractivity (Wildman–Crippen MR) is 340 cm³/mol. The molecule has 0 aliphatic rings. The first-order chi connectivity index (χ1) is 38.5. The molecule has 0 aromatic rings. The maximum Gasteiger partial charge on any atom is 0.472 e. The number of phosphoric acid groups is 1. The van der Waals surface area contributed by atoms with Crippen molar-refractivity contribution in [3.63, 3.8) is 0 Å². The van der Waals surface area contributed by atoms with Gasteiger partial charge in [0.25, 0.3) is 0 Å². The summed E-state index contributed by atoms with van der Waals surface area (Å²) in [5.74, 6) is -0.793. The Bertz CT molecular complexity index is 1520. The summed E-state index contributed by atoms with van der Waals surface area (Å²) in [5.41, 5.74) is 0. The summed E-state index contributed by atoms with van der Waals surface area (Å²) in [6.07, 6.45) is 79.1. The van der Waals surface area contributed by atoms with Crippen molar-refractivity contribution in [1.29, 1.82) is 0 Å². The molecule has 0 fully saturated rings. The van der Waals surface area contributed by atoms with Gasteiger partial charge in [0.1, 0.15) is 19.8 Å². The van der Waals surface area contributed by atoms with Gasteiger partial charge >= 0.3 is 19.8 Å². The van der Waals surface area contributed by atoms with Crippen LogP contribution in [0.25, 0.3) is 0 Å². The van der Waals surface area contributed by atoms with E-state index in [0.717, 1.165) is 77.0 Å². The number of likely N-dealkylation sites (N-methyl/N-ethyl adjacent to an activating group) is 1. The Balaban J connectivity index is 3.90. The molecule has 0 aromatic carbocycles. The van der Waals surface area contributed by atoms with Crippen LogP contribution >= 0.6 is 7.82 Å². The van der Waals surface area contributed by atoms with Crippen LogP contribution in [0.3, 0.4) is 0 Å². The zero-order valence-corrected chi connectivity index (χ0v) is 53.5. The molecule has 0 aliphatic carbocycles. The smallest absolute Gasteiger partial charge is 0.462 e. The third kappa shape index (κ3) is 64.7. The number of unbranched alkanes of at least 4 members (excludes halogenated alkanes) is 38. The molecule has 0 bridgehead atoms. The largest absolute Gasteiger partial charge is 0.472 e. The monoisotopic (exact) mass is 1130 g/mol. The molecular formula is C69H129NO8P+. The Kier molecular flexibility index (Phi) is 58.6. The lowest BCUT2D eigenvalue weighted by Crippen LogP contribution is -2.37. The van der Waals surface area contributed by atoms with Gasteiger partial charge in [0.05, 0.1) is 27.7 Å². The number of nitrogens with zero attached hydrogens (tertiary/aromatic N) is 1. The molecule has 0 saturated heterocycles. The van der Waals surface area contributed by atoms with Crippen molar-refractivity contribution in [2.45, 2.75) is 322 Å². The summed E-state index contributed by atoms with van der Waals surface area (Å²) >= 11 is 0. The van der Waals surface area contributed by atoms with Crippen LogP contribution in [0.1, 0.15) is 316 Å². The highest BCUT2D eigenvalue weighted by Gasteiger charge is 2.27. The first kappa shape index (κ1) is 76.7. The van der Waals surface area contributed by atoms with Gasteiger partial charge in [-0.15, -0.1) is 0 Å². The SMILES string of the molecule is CC/C=C\C/C=C\C/C=C\C/C=C\CCCCCCCCCCCCCCCCCCCCCCCCCCCCC(=O)OC(COC(=O)CCCCCCC/C=C\CCCCCCCCC)COP(=O)(O)OCC[N+](C)(C)C. The van der Waals surface area contributed by atoms with Crippen molar-refractivity contribution in [2.24, 2.45) is 0 Å². The molecule has 10 heteroatoms. The van der Waals surface area contributed by atoms with Gasteiger partial charge in [0, 0.05) is 12.8 Å². The van der Waals surface area contributed by atoms with Crippen molar-refractivity contribution in [3.8, 4) is 0 Å². The van der Waals surface area contributed by atoms with E-state index in [1.807, 2.05) is 21.1 Å². The van der Waals surface area contributed by atoms with Gasteiger partial charge < -0.3 is 18.9 Å². The average molecular weight is 1130 g/mol. The molecule has 0 rings (SSSR count). The molecule has 462 valence electrons. The Labute approximate surface area is 489 Å². The van der Waals surface area contributed by atoms with Gasteiger partial charge in [-0.3, -0.25) is 18.6 Å². The number of rotatable bonds is 62. The van der Waals surface area contributed by atoms with Crippen molar-refractivity contribution in [1.82, 2.24) is 0 Å². The van der Waals surface area contributed by atoms with Gasteiger partial charge in [-0.25, -0.2) is 4.57 Å². The topological polar surface area (TPSA) is 108 Å². The number of allylic oxidation sites excluding steroid dienone is 10. The fourth-order valence-electron chi connectivity index (χ4n) is 9.65. The average Bonchev–Trinajstić information content (AvgIpc) is 3.41. The maximum absolute atomic E-state index is 12.8. The second-order valence-electron chi connectivity index (χ2n) is 23.8. The minimum atomic E-state index is -4.39. The summed E-state index contributed by atoms with van der Waals surface area (Å²) < 4.78 is 34.6. The summed E-state index contributed by atoms with van der Waals surface area (Å²) in [5, 5.41) is 0. The first-order valence-corrected chi connectivity index (χ1v) is 35.0. The number of ether oxygens (including phenoxy) is 2. The van der Waals surface area contributed by atoms with E-state index in [0.29, 0.717) is 17.4 Å². The second kappa shape index (κ2) is 60.3. The van der Waals surface area contributed by atoms with Gasteiger partial charge in [-0.1, -0.05) is 286 Å². The second-order valence-corrected chi connectivity index (χ2v) is 25.3. The molecule has 2 unspecified atom stereocenters. The normalized spacial score (nSPS) is 13.5. The van der Waals surface area contributed by atoms with Crippen molar-refractivity contribution in [2.75, 3.05) is 47.5 Å². The first-order valence-electron chi connectivity index (χ1n) is 33.5. The van der Waals surface area contributed by atoms with E-state index in [4.69, 9.17) is 18.5 Å². The zero-order valence-electron chi connectivity index (χ0n) is 52.6. The van der Waals surface area contributed by atoms with Crippen LogP contribution < -0.4 is 0 Å². The van der Waals surface area contributed by atoms with E-state index >= 15 is 0 Å². The molecule has 0 aromatic heterocycles. The Morgan fingerprint density at radius 3 is 1.09 bits per heavy atom. The van der Waals surface area contributed by atoms with Gasteiger partial charge in [0.15, 0.2) is 6.10 Å². The minimum absolute atomic E-state index is 0.0319. The molecule has 0 saturated carbocycles. The number of hydrogen-bond donors (Lipinski definition) is 1. The molecule has 0 aliphatic heterocycles. The summed E-state index contributed by atoms with van der Waals surface area (Å²) in [6, 6.07) is 0. The highest BCUT2D eigenvalue weighted by molar-refractivity contribution is 7.47. The Morgan fingerprint density at radius 1 is 0.405 bits per heavy atom. The van der Waals surface area contributed by atoms with E-state index in [-0.39, 0.29) is 32.0 Å². The van der Waals surface area contributed by atoms with Crippen LogP contribution in [0, 0.1) is 0 Å². The fraction of sp³-hybridized carbons (Fsp3) is 0.826. The molecule has 1 N–H and O–H groups in total. The lowest BCUT2D eigenvalue weighted by atomic mass is 10.0. The van der Waals surface area contributed by atoms with Gasteiger partial charge in [0.2, 0.25) is 0 Å². The van der Waals surface area contributed by atoms with Crippen LogP contribution in [0.2, 0.25) is 0 Å². The van der Waals surface area contributed by atoms with Crippen LogP contribution in [-0.4, -0.2) is 74.9 Å². The highest BCUT2D eigenvalue weighted by Crippen LogP contribution is 2.43. The molecule has 0 spiro atoms. The molecule has 0 amide bonds. The lowest BCUT2D eigenvalue weighted by Gasteiger charge is -2.24. The third-order valence-electron chi connectivity index (χ3n) is 14.8. The van der Waals surface area contributed by atoms with E-state index < -0.39 is 26.5 Å². The van der Waals surface area contributed by atoms with E-state index in [2.05, 4.69) is 74.6 Å². The van der Waals surface area contributed by atoms with Crippen LogP contribution in [0.15, 0.2) is 60.8 Å². The number of hydrogen-bond acceptors (Lipinski definition) is 7. The van der Waals surface area contributed by atoms with E-state index in [9.17, 15) is 19.0 Å². The zero-order chi connectivity index (χ0) is 57.7. The number of esters is 2. The number of carbonyl (C=O) groups excluding carboxylic acids is 2. The van der Waals surface area contributed by atoms with Gasteiger partial charge in [-0.05, 0) is 77.0 Å². The van der Waals surface area contributed by atoms with E-state index in [1.165, 1.54) is 205 Å². The predicted octanol–water partition coefficient (Wildman–Crippen LogP) is 21.4. The van der Waals surface area contributed by atoms with E-state index in [1.54, 1.807) is 0 Å². The quantitative estimate of drug-likeness (QED) is 0.0211. The molecule has 0 heterocycles. The standard InChI is InChI=1S/C69H128NO8P/c1-6-8-10-12-14-16-18-20-22-24-25-26-27-28-29-30-31-32-33-34-35-36-37-38-39-40-41-42-43-44-45-46-48-50-52-54-56-58-60-62-69(72)78-67(66-77-79(73,74)76-64-63-70(3,4)5)65-75-68(71)61-59-57-55-53-51-49-47-23-21-19-17-15-13-11-9-7-2/h8,10,14,16,20,22-23,25-26,47,67H,6-7,9,11-13,15,17-19,21,24,27-46,48-66H2,1-5H3/p+1/b10-8-,16-14-,22-20-,26-25-,47-23-. The van der Waals surface area contributed by atoms with Crippen LogP contribution in [0.5, 0.6) is 0 Å². The van der Waals surface area contributed by atoms with Crippen LogP contribution in [0.4, 0.5) is 0 Å². The number of quaternary nitrogens is 1. The lowest BCUT2D eigenvalue weighted by molar-refractivity contribution is -0.870.